The maximum Gasteiger partial charge on any atom is 0.228 e. The SMILES string of the molecule is O=C([C@H]1CCOC1)N(CCO)Cc1ccc(Cl)c(Cl)c1. The number of carbonyl (C=O) groups excluding carboxylic acids is 1. The summed E-state index contributed by atoms with van der Waals surface area (Å²) in [5, 5.41) is 10.1. The van der Waals surface area contributed by atoms with Gasteiger partial charge in [-0.05, 0) is 24.1 Å². The second kappa shape index (κ2) is 7.27. The molecular formula is C14H17Cl2NO3. The quantitative estimate of drug-likeness (QED) is 0.907. The molecule has 110 valence electrons. The Morgan fingerprint density at radius 2 is 2.20 bits per heavy atom. The Hall–Kier alpha value is -0.810. The van der Waals surface area contributed by atoms with Gasteiger partial charge < -0.3 is 14.7 Å². The fraction of sp³-hybridized carbons (Fsp3) is 0.500. The predicted molar refractivity (Wildman–Crippen MR) is 77.9 cm³/mol. The molecule has 2 rings (SSSR count). The average molecular weight is 318 g/mol. The molecule has 1 saturated heterocycles. The van der Waals surface area contributed by atoms with E-state index in [0.717, 1.165) is 12.0 Å². The Labute approximate surface area is 128 Å². The first kappa shape index (κ1) is 15.6. The minimum atomic E-state index is -0.107. The molecule has 0 aliphatic carbocycles. The molecule has 6 heteroatoms. The third-order valence-corrected chi connectivity index (χ3v) is 4.06. The van der Waals surface area contributed by atoms with Gasteiger partial charge in [-0.1, -0.05) is 29.3 Å². The number of aliphatic hydroxyl groups excluding tert-OH is 1. The number of hydrogen-bond donors (Lipinski definition) is 1. The number of benzene rings is 1. The molecule has 1 aromatic carbocycles. The highest BCUT2D eigenvalue weighted by Gasteiger charge is 2.27. The number of aliphatic hydroxyl groups is 1. The van der Waals surface area contributed by atoms with Crippen molar-refractivity contribution in [1.82, 2.24) is 4.90 Å². The van der Waals surface area contributed by atoms with E-state index < -0.39 is 0 Å². The van der Waals surface area contributed by atoms with Crippen LogP contribution >= 0.6 is 23.2 Å². The van der Waals surface area contributed by atoms with E-state index in [-0.39, 0.29) is 18.4 Å². The second-order valence-electron chi connectivity index (χ2n) is 4.79. The first-order valence-electron chi connectivity index (χ1n) is 6.53. The highest BCUT2D eigenvalue weighted by molar-refractivity contribution is 6.42. The summed E-state index contributed by atoms with van der Waals surface area (Å²) in [6.45, 7) is 1.72. The molecule has 0 bridgehead atoms. The molecule has 0 unspecified atom stereocenters. The van der Waals surface area contributed by atoms with Crippen LogP contribution in [-0.2, 0) is 16.1 Å². The monoisotopic (exact) mass is 317 g/mol. The van der Waals surface area contributed by atoms with Crippen molar-refractivity contribution in [1.29, 1.82) is 0 Å². The summed E-state index contributed by atoms with van der Waals surface area (Å²) in [6, 6.07) is 5.28. The van der Waals surface area contributed by atoms with Gasteiger partial charge in [0.05, 0.1) is 29.2 Å². The van der Waals surface area contributed by atoms with E-state index in [2.05, 4.69) is 0 Å². The van der Waals surface area contributed by atoms with Crippen LogP contribution in [0.2, 0.25) is 10.0 Å². The number of rotatable bonds is 5. The van der Waals surface area contributed by atoms with Gasteiger partial charge in [0.25, 0.3) is 0 Å². The van der Waals surface area contributed by atoms with E-state index in [1.165, 1.54) is 0 Å². The van der Waals surface area contributed by atoms with Crippen LogP contribution in [0.3, 0.4) is 0 Å². The smallest absolute Gasteiger partial charge is 0.228 e. The van der Waals surface area contributed by atoms with Gasteiger partial charge in [0.1, 0.15) is 0 Å². The molecule has 0 radical (unpaired) electrons. The maximum absolute atomic E-state index is 12.4. The van der Waals surface area contributed by atoms with E-state index in [4.69, 9.17) is 33.0 Å². The molecule has 1 aliphatic heterocycles. The van der Waals surface area contributed by atoms with Gasteiger partial charge in [-0.2, -0.15) is 0 Å². The molecule has 0 spiro atoms. The fourth-order valence-corrected chi connectivity index (χ4v) is 2.55. The molecule has 0 saturated carbocycles. The van der Waals surface area contributed by atoms with E-state index in [0.29, 0.717) is 36.3 Å². The first-order valence-corrected chi connectivity index (χ1v) is 7.28. The van der Waals surface area contributed by atoms with Gasteiger partial charge in [-0.3, -0.25) is 4.79 Å². The molecule has 1 amide bonds. The predicted octanol–water partition coefficient (Wildman–Crippen LogP) is 2.35. The summed E-state index contributed by atoms with van der Waals surface area (Å²) in [6.07, 6.45) is 0.738. The molecular weight excluding hydrogens is 301 g/mol. The number of nitrogens with zero attached hydrogens (tertiary/aromatic N) is 1. The zero-order valence-corrected chi connectivity index (χ0v) is 12.5. The molecule has 4 nitrogen and oxygen atoms in total. The van der Waals surface area contributed by atoms with E-state index in [1.54, 1.807) is 17.0 Å². The molecule has 1 atom stereocenters. The average Bonchev–Trinajstić information content (AvgIpc) is 2.95. The van der Waals surface area contributed by atoms with Crippen LogP contribution in [-0.4, -0.2) is 42.3 Å². The van der Waals surface area contributed by atoms with Crippen LogP contribution in [0.4, 0.5) is 0 Å². The number of hydrogen-bond acceptors (Lipinski definition) is 3. The van der Waals surface area contributed by atoms with Crippen molar-refractivity contribution in [3.05, 3.63) is 33.8 Å². The molecule has 1 N–H and O–H groups in total. The van der Waals surface area contributed by atoms with Crippen molar-refractivity contribution in [3.63, 3.8) is 0 Å². The Balaban J connectivity index is 2.07. The van der Waals surface area contributed by atoms with Crippen LogP contribution in [0.5, 0.6) is 0 Å². The summed E-state index contributed by atoms with van der Waals surface area (Å²) in [7, 11) is 0. The van der Waals surface area contributed by atoms with Crippen molar-refractivity contribution in [2.45, 2.75) is 13.0 Å². The Bertz CT molecular complexity index is 475. The van der Waals surface area contributed by atoms with Crippen molar-refractivity contribution in [2.75, 3.05) is 26.4 Å². The van der Waals surface area contributed by atoms with E-state index >= 15 is 0 Å². The fourth-order valence-electron chi connectivity index (χ4n) is 2.23. The van der Waals surface area contributed by atoms with Gasteiger partial charge >= 0.3 is 0 Å². The number of amides is 1. The third-order valence-electron chi connectivity index (χ3n) is 3.32. The molecule has 20 heavy (non-hydrogen) atoms. The lowest BCUT2D eigenvalue weighted by molar-refractivity contribution is -0.136. The molecule has 0 aromatic heterocycles. The number of carbonyl (C=O) groups is 1. The number of ether oxygens (including phenoxy) is 1. The minimum Gasteiger partial charge on any atom is -0.395 e. The number of halogens is 2. The van der Waals surface area contributed by atoms with Crippen LogP contribution in [0, 0.1) is 5.92 Å². The van der Waals surface area contributed by atoms with E-state index in [9.17, 15) is 4.79 Å². The first-order chi connectivity index (χ1) is 9.61. The molecule has 1 aliphatic rings. The Morgan fingerprint density at radius 1 is 1.40 bits per heavy atom. The van der Waals surface area contributed by atoms with Crippen LogP contribution < -0.4 is 0 Å². The third kappa shape index (κ3) is 3.85. The molecule has 1 fully saturated rings. The Morgan fingerprint density at radius 3 is 2.80 bits per heavy atom. The largest absolute Gasteiger partial charge is 0.395 e. The zero-order valence-electron chi connectivity index (χ0n) is 11.0. The summed E-state index contributed by atoms with van der Waals surface area (Å²) in [5.41, 5.74) is 0.889. The summed E-state index contributed by atoms with van der Waals surface area (Å²) >= 11 is 11.9. The van der Waals surface area contributed by atoms with Gasteiger partial charge in [-0.15, -0.1) is 0 Å². The van der Waals surface area contributed by atoms with Crippen molar-refractivity contribution in [2.24, 2.45) is 5.92 Å². The van der Waals surface area contributed by atoms with Crippen molar-refractivity contribution >= 4 is 29.1 Å². The summed E-state index contributed by atoms with van der Waals surface area (Å²) < 4.78 is 5.24. The van der Waals surface area contributed by atoms with Crippen molar-refractivity contribution < 1.29 is 14.6 Å². The van der Waals surface area contributed by atoms with Crippen LogP contribution in [0.1, 0.15) is 12.0 Å². The standard InChI is InChI=1S/C14H17Cl2NO3/c15-12-2-1-10(7-13(12)16)8-17(4-5-18)14(19)11-3-6-20-9-11/h1-2,7,11,18H,3-6,8-9H2/t11-/m0/s1. The van der Waals surface area contributed by atoms with Crippen molar-refractivity contribution in [3.8, 4) is 0 Å². The lowest BCUT2D eigenvalue weighted by atomic mass is 10.1. The van der Waals surface area contributed by atoms with Gasteiger partial charge in [0.15, 0.2) is 0 Å². The minimum absolute atomic E-state index is 0.0163. The Kier molecular flexibility index (Phi) is 5.66. The zero-order chi connectivity index (χ0) is 14.5. The van der Waals surface area contributed by atoms with Gasteiger partial charge in [-0.25, -0.2) is 0 Å². The topological polar surface area (TPSA) is 49.8 Å². The van der Waals surface area contributed by atoms with Crippen LogP contribution in [0.15, 0.2) is 18.2 Å². The second-order valence-corrected chi connectivity index (χ2v) is 5.61. The normalized spacial score (nSPS) is 18.2. The highest BCUT2D eigenvalue weighted by Crippen LogP contribution is 2.24. The summed E-state index contributed by atoms with van der Waals surface area (Å²) in [4.78, 5) is 14.0. The lowest BCUT2D eigenvalue weighted by Crippen LogP contribution is -2.37. The maximum atomic E-state index is 12.4. The molecule has 1 aromatic rings. The van der Waals surface area contributed by atoms with E-state index in [1.807, 2.05) is 6.07 Å². The lowest BCUT2D eigenvalue weighted by Gasteiger charge is -2.24. The molecule has 1 heterocycles. The van der Waals surface area contributed by atoms with Crippen LogP contribution in [0.25, 0.3) is 0 Å². The summed E-state index contributed by atoms with van der Waals surface area (Å²) in [5.74, 6) is -0.0908. The highest BCUT2D eigenvalue weighted by atomic mass is 35.5. The van der Waals surface area contributed by atoms with Gasteiger partial charge in [0.2, 0.25) is 5.91 Å². The van der Waals surface area contributed by atoms with Gasteiger partial charge in [0, 0.05) is 19.7 Å².